The van der Waals surface area contributed by atoms with Gasteiger partial charge in [0.2, 0.25) is 5.95 Å². The van der Waals surface area contributed by atoms with Gasteiger partial charge in [0.15, 0.2) is 5.82 Å². The van der Waals surface area contributed by atoms with E-state index in [-0.39, 0.29) is 12.1 Å². The molecule has 0 bridgehead atoms. The predicted molar refractivity (Wildman–Crippen MR) is 75.9 cm³/mol. The summed E-state index contributed by atoms with van der Waals surface area (Å²) in [6.45, 7) is 2.25. The molecular weight excluding hydrogens is 266 g/mol. The minimum Gasteiger partial charge on any atom is -0.394 e. The predicted octanol–water partition coefficient (Wildman–Crippen LogP) is 1.77. The largest absolute Gasteiger partial charge is 0.394 e. The summed E-state index contributed by atoms with van der Waals surface area (Å²) in [5.41, 5.74) is 2.03. The van der Waals surface area contributed by atoms with E-state index in [1.807, 2.05) is 0 Å². The maximum atomic E-state index is 9.75. The second-order valence-electron chi connectivity index (χ2n) is 5.30. The van der Waals surface area contributed by atoms with Crippen molar-refractivity contribution in [2.45, 2.75) is 38.1 Å². The molecule has 0 amide bonds. The zero-order chi connectivity index (χ0) is 13.9. The van der Waals surface area contributed by atoms with Gasteiger partial charge in [0, 0.05) is 0 Å². The molecule has 0 aliphatic heterocycles. The van der Waals surface area contributed by atoms with Crippen LogP contribution in [0.5, 0.6) is 0 Å². The highest BCUT2D eigenvalue weighted by atomic mass is 35.5. The van der Waals surface area contributed by atoms with Crippen LogP contribution >= 0.6 is 11.6 Å². The molecule has 0 radical (unpaired) electrons. The first-order chi connectivity index (χ1) is 9.08. The van der Waals surface area contributed by atoms with Gasteiger partial charge in [-0.05, 0) is 18.8 Å². The number of anilines is 2. The van der Waals surface area contributed by atoms with E-state index in [0.717, 1.165) is 19.3 Å². The number of aromatic nitrogens is 2. The minimum atomic E-state index is -0.360. The van der Waals surface area contributed by atoms with Gasteiger partial charge in [0.25, 0.3) is 0 Å². The van der Waals surface area contributed by atoms with Crippen LogP contribution in [-0.4, -0.2) is 27.2 Å². The Hall–Kier alpha value is -1.11. The van der Waals surface area contributed by atoms with E-state index < -0.39 is 0 Å². The number of nitrogens with zero attached hydrogens (tertiary/aromatic N) is 2. The van der Waals surface area contributed by atoms with Crippen molar-refractivity contribution in [3.8, 4) is 0 Å². The molecule has 1 aliphatic rings. The standard InChI is InChI=1S/C12H20ClN5O/c1-8-3-2-4-12(5-8,7-19)17-10-9(13)6-15-11(16-10)18-14/h6,8,19H,2-5,7,14H2,1H3,(H2,15,16,17,18). The van der Waals surface area contributed by atoms with Crippen LogP contribution in [0.3, 0.4) is 0 Å². The fourth-order valence-corrected chi connectivity index (χ4v) is 2.87. The molecule has 0 spiro atoms. The first-order valence-corrected chi connectivity index (χ1v) is 6.84. The van der Waals surface area contributed by atoms with Gasteiger partial charge in [0.1, 0.15) is 5.02 Å². The summed E-state index contributed by atoms with van der Waals surface area (Å²) in [6, 6.07) is 0. The zero-order valence-corrected chi connectivity index (χ0v) is 11.7. The molecule has 1 heterocycles. The van der Waals surface area contributed by atoms with Gasteiger partial charge in [0.05, 0.1) is 18.3 Å². The normalized spacial score (nSPS) is 27.1. The molecule has 5 N–H and O–H groups in total. The molecule has 1 fully saturated rings. The number of rotatable bonds is 4. The molecule has 0 saturated heterocycles. The molecule has 2 unspecified atom stereocenters. The van der Waals surface area contributed by atoms with Crippen molar-refractivity contribution >= 4 is 23.4 Å². The van der Waals surface area contributed by atoms with Crippen molar-refractivity contribution in [1.82, 2.24) is 9.97 Å². The number of halogens is 1. The number of hydrazine groups is 1. The molecule has 2 atom stereocenters. The molecule has 1 aliphatic carbocycles. The van der Waals surface area contributed by atoms with Gasteiger partial charge in [-0.1, -0.05) is 31.4 Å². The smallest absolute Gasteiger partial charge is 0.239 e. The lowest BCUT2D eigenvalue weighted by atomic mass is 9.77. The summed E-state index contributed by atoms with van der Waals surface area (Å²) in [4.78, 5) is 8.13. The summed E-state index contributed by atoms with van der Waals surface area (Å²) < 4.78 is 0. The first kappa shape index (κ1) is 14.3. The van der Waals surface area contributed by atoms with E-state index in [1.54, 1.807) is 0 Å². The number of nitrogen functional groups attached to an aromatic ring is 1. The average Bonchev–Trinajstić information content (AvgIpc) is 2.41. The minimum absolute atomic E-state index is 0.0586. The molecule has 1 aromatic rings. The average molecular weight is 286 g/mol. The summed E-state index contributed by atoms with van der Waals surface area (Å²) in [5.74, 6) is 6.67. The highest BCUT2D eigenvalue weighted by Gasteiger charge is 2.35. The van der Waals surface area contributed by atoms with E-state index in [4.69, 9.17) is 17.4 Å². The van der Waals surface area contributed by atoms with E-state index in [1.165, 1.54) is 12.6 Å². The van der Waals surface area contributed by atoms with Gasteiger partial charge >= 0.3 is 0 Å². The summed E-state index contributed by atoms with van der Waals surface area (Å²) in [6.07, 6.45) is 5.56. The Morgan fingerprint density at radius 1 is 1.63 bits per heavy atom. The summed E-state index contributed by atoms with van der Waals surface area (Å²) in [7, 11) is 0. The topological polar surface area (TPSA) is 96.1 Å². The van der Waals surface area contributed by atoms with E-state index >= 15 is 0 Å². The first-order valence-electron chi connectivity index (χ1n) is 6.47. The second kappa shape index (κ2) is 5.90. The maximum Gasteiger partial charge on any atom is 0.239 e. The van der Waals surface area contributed by atoms with E-state index in [2.05, 4.69) is 27.6 Å². The van der Waals surface area contributed by atoms with Crippen molar-refractivity contribution in [2.24, 2.45) is 11.8 Å². The molecule has 7 heteroatoms. The van der Waals surface area contributed by atoms with Crippen molar-refractivity contribution in [1.29, 1.82) is 0 Å². The van der Waals surface area contributed by atoms with Crippen LogP contribution in [0.25, 0.3) is 0 Å². The number of hydrogen-bond donors (Lipinski definition) is 4. The van der Waals surface area contributed by atoms with E-state index in [9.17, 15) is 5.11 Å². The van der Waals surface area contributed by atoms with Crippen LogP contribution in [0.4, 0.5) is 11.8 Å². The lowest BCUT2D eigenvalue weighted by Crippen LogP contribution is -2.46. The monoisotopic (exact) mass is 285 g/mol. The van der Waals surface area contributed by atoms with Crippen LogP contribution < -0.4 is 16.6 Å². The summed E-state index contributed by atoms with van der Waals surface area (Å²) >= 11 is 6.09. The summed E-state index contributed by atoms with van der Waals surface area (Å²) in [5, 5.41) is 13.5. The third-order valence-electron chi connectivity index (χ3n) is 3.65. The van der Waals surface area contributed by atoms with Gasteiger partial charge in [-0.15, -0.1) is 0 Å². The highest BCUT2D eigenvalue weighted by molar-refractivity contribution is 6.32. The Bertz CT molecular complexity index is 444. The fraction of sp³-hybridized carbons (Fsp3) is 0.667. The lowest BCUT2D eigenvalue weighted by Gasteiger charge is -2.40. The number of nitrogens with two attached hydrogens (primary N) is 1. The third kappa shape index (κ3) is 3.26. The Morgan fingerprint density at radius 2 is 2.42 bits per heavy atom. The van der Waals surface area contributed by atoms with Crippen LogP contribution in [0.15, 0.2) is 6.20 Å². The van der Waals surface area contributed by atoms with Crippen LogP contribution in [0.1, 0.15) is 32.6 Å². The molecule has 6 nitrogen and oxygen atoms in total. The Labute approximate surface area is 117 Å². The van der Waals surface area contributed by atoms with Crippen molar-refractivity contribution in [3.63, 3.8) is 0 Å². The molecule has 2 rings (SSSR count). The van der Waals surface area contributed by atoms with Crippen LogP contribution in [0, 0.1) is 5.92 Å². The second-order valence-corrected chi connectivity index (χ2v) is 5.71. The van der Waals surface area contributed by atoms with Crippen LogP contribution in [-0.2, 0) is 0 Å². The van der Waals surface area contributed by atoms with Gasteiger partial charge in [-0.2, -0.15) is 4.98 Å². The Morgan fingerprint density at radius 3 is 3.05 bits per heavy atom. The Kier molecular flexibility index (Phi) is 4.44. The number of nitrogens with one attached hydrogen (secondary N) is 2. The molecule has 1 aromatic heterocycles. The number of aliphatic hydroxyl groups excluding tert-OH is 1. The number of aliphatic hydroxyl groups is 1. The molecule has 0 aromatic carbocycles. The third-order valence-corrected chi connectivity index (χ3v) is 3.93. The van der Waals surface area contributed by atoms with E-state index in [0.29, 0.717) is 22.7 Å². The van der Waals surface area contributed by atoms with Crippen LogP contribution in [0.2, 0.25) is 5.02 Å². The number of hydrogen-bond acceptors (Lipinski definition) is 6. The zero-order valence-electron chi connectivity index (χ0n) is 11.0. The van der Waals surface area contributed by atoms with Crippen molar-refractivity contribution in [3.05, 3.63) is 11.2 Å². The lowest BCUT2D eigenvalue weighted by molar-refractivity contribution is 0.149. The maximum absolute atomic E-state index is 9.75. The quantitative estimate of drug-likeness (QED) is 0.497. The SMILES string of the molecule is CC1CCCC(CO)(Nc2nc(NN)ncc2Cl)C1. The highest BCUT2D eigenvalue weighted by Crippen LogP contribution is 2.35. The molecular formula is C12H20ClN5O. The van der Waals surface area contributed by atoms with Gasteiger partial charge in [-0.25, -0.2) is 10.8 Å². The molecule has 1 saturated carbocycles. The van der Waals surface area contributed by atoms with Crippen molar-refractivity contribution < 1.29 is 5.11 Å². The van der Waals surface area contributed by atoms with Gasteiger partial charge in [-0.3, -0.25) is 5.43 Å². The van der Waals surface area contributed by atoms with Crippen molar-refractivity contribution in [2.75, 3.05) is 17.3 Å². The molecule has 19 heavy (non-hydrogen) atoms. The fourth-order valence-electron chi connectivity index (χ4n) is 2.73. The Balaban J connectivity index is 2.22. The molecule has 106 valence electrons. The van der Waals surface area contributed by atoms with Gasteiger partial charge < -0.3 is 10.4 Å².